The molecule has 0 spiro atoms. The van der Waals surface area contributed by atoms with Crippen molar-refractivity contribution in [2.75, 3.05) is 6.54 Å². The lowest BCUT2D eigenvalue weighted by atomic mass is 9.86. The summed E-state index contributed by atoms with van der Waals surface area (Å²) in [5.41, 5.74) is -1.20. The van der Waals surface area contributed by atoms with E-state index in [0.29, 0.717) is 25.2 Å². The third-order valence-electron chi connectivity index (χ3n) is 4.85. The fourth-order valence-electron chi connectivity index (χ4n) is 3.52. The molecule has 1 unspecified atom stereocenters. The second-order valence-electron chi connectivity index (χ2n) is 7.01. The lowest BCUT2D eigenvalue weighted by molar-refractivity contribution is -0.123. The molecule has 148 valence electrons. The SMILES string of the molecule is CCCC(O)(CNC(=O)CC1CCCCC1)c1cccc(OC(F)F)n1.[HH]. The number of halogens is 2. The van der Waals surface area contributed by atoms with E-state index < -0.39 is 12.2 Å². The first kappa shape index (κ1) is 20.6. The summed E-state index contributed by atoms with van der Waals surface area (Å²) >= 11 is 0. The Hall–Kier alpha value is -1.76. The number of carbonyl (C=O) groups is 1. The minimum Gasteiger partial charge on any atom is -0.417 e. The Bertz CT molecular complexity index is 586. The molecule has 1 atom stereocenters. The van der Waals surface area contributed by atoms with Crippen LogP contribution in [-0.4, -0.2) is 29.2 Å². The number of hydrogen-bond acceptors (Lipinski definition) is 4. The van der Waals surface area contributed by atoms with Crippen molar-refractivity contribution in [3.05, 3.63) is 23.9 Å². The molecule has 7 heteroatoms. The summed E-state index contributed by atoms with van der Waals surface area (Å²) in [5.74, 6) is 0.0656. The Balaban J connectivity index is 0.00000364. The molecule has 0 aromatic carbocycles. The van der Waals surface area contributed by atoms with Gasteiger partial charge in [0.1, 0.15) is 5.60 Å². The number of alkyl halides is 2. The lowest BCUT2D eigenvalue weighted by Crippen LogP contribution is -2.42. The molecule has 1 aromatic rings. The van der Waals surface area contributed by atoms with E-state index in [1.54, 1.807) is 6.07 Å². The van der Waals surface area contributed by atoms with Crippen LogP contribution in [0, 0.1) is 5.92 Å². The molecule has 1 amide bonds. The molecule has 0 radical (unpaired) electrons. The highest BCUT2D eigenvalue weighted by Gasteiger charge is 2.31. The van der Waals surface area contributed by atoms with Gasteiger partial charge in [0.25, 0.3) is 0 Å². The molecule has 1 heterocycles. The Morgan fingerprint density at radius 1 is 1.42 bits per heavy atom. The summed E-state index contributed by atoms with van der Waals surface area (Å²) in [7, 11) is 0. The number of pyridine rings is 1. The Morgan fingerprint density at radius 3 is 2.81 bits per heavy atom. The topological polar surface area (TPSA) is 71.5 Å². The van der Waals surface area contributed by atoms with Gasteiger partial charge in [-0.15, -0.1) is 0 Å². The number of ether oxygens (including phenoxy) is 1. The highest BCUT2D eigenvalue weighted by molar-refractivity contribution is 5.76. The first-order chi connectivity index (χ1) is 12.4. The molecule has 2 N–H and O–H groups in total. The van der Waals surface area contributed by atoms with Crippen LogP contribution in [0.2, 0.25) is 0 Å². The summed E-state index contributed by atoms with van der Waals surface area (Å²) in [6.45, 7) is -1.08. The van der Waals surface area contributed by atoms with Crippen LogP contribution in [0.5, 0.6) is 5.88 Å². The second-order valence-corrected chi connectivity index (χ2v) is 7.01. The van der Waals surface area contributed by atoms with E-state index >= 15 is 0 Å². The molecule has 26 heavy (non-hydrogen) atoms. The molecule has 0 aliphatic heterocycles. The molecule has 1 aliphatic carbocycles. The van der Waals surface area contributed by atoms with E-state index in [0.717, 1.165) is 12.8 Å². The van der Waals surface area contributed by atoms with Gasteiger partial charge < -0.3 is 15.2 Å². The number of amides is 1. The van der Waals surface area contributed by atoms with Crippen LogP contribution in [0.4, 0.5) is 8.78 Å². The van der Waals surface area contributed by atoms with Crippen molar-refractivity contribution in [2.45, 2.75) is 70.5 Å². The average Bonchev–Trinajstić information content (AvgIpc) is 2.61. The smallest absolute Gasteiger partial charge is 0.388 e. The van der Waals surface area contributed by atoms with Crippen molar-refractivity contribution in [1.82, 2.24) is 10.3 Å². The van der Waals surface area contributed by atoms with E-state index in [9.17, 15) is 18.7 Å². The first-order valence-corrected chi connectivity index (χ1v) is 9.34. The largest absolute Gasteiger partial charge is 0.417 e. The van der Waals surface area contributed by atoms with Crippen molar-refractivity contribution in [3.8, 4) is 5.88 Å². The molecule has 2 rings (SSSR count). The molecule has 1 aromatic heterocycles. The van der Waals surface area contributed by atoms with Gasteiger partial charge in [0.05, 0.1) is 12.2 Å². The molecule has 5 nitrogen and oxygen atoms in total. The van der Waals surface area contributed by atoms with Gasteiger partial charge >= 0.3 is 6.61 Å². The normalized spacial score (nSPS) is 17.7. The van der Waals surface area contributed by atoms with Crippen LogP contribution < -0.4 is 10.1 Å². The molecule has 1 aliphatic rings. The van der Waals surface area contributed by atoms with Crippen LogP contribution in [0.25, 0.3) is 0 Å². The van der Waals surface area contributed by atoms with Crippen LogP contribution in [0.3, 0.4) is 0 Å². The monoisotopic (exact) mass is 372 g/mol. The number of hydrogen-bond donors (Lipinski definition) is 2. The van der Waals surface area contributed by atoms with Crippen LogP contribution >= 0.6 is 0 Å². The fourth-order valence-corrected chi connectivity index (χ4v) is 3.52. The quantitative estimate of drug-likeness (QED) is 0.687. The molecule has 1 saturated carbocycles. The minimum absolute atomic E-state index is 0. The van der Waals surface area contributed by atoms with Gasteiger partial charge in [-0.05, 0) is 31.2 Å². The number of nitrogens with one attached hydrogen (secondary N) is 1. The average molecular weight is 372 g/mol. The van der Waals surface area contributed by atoms with E-state index in [-0.39, 0.29) is 25.5 Å². The van der Waals surface area contributed by atoms with Crippen molar-refractivity contribution < 1.29 is 24.8 Å². The fraction of sp³-hybridized carbons (Fsp3) is 0.684. The number of rotatable bonds is 9. The third-order valence-corrected chi connectivity index (χ3v) is 4.85. The molecule has 0 saturated heterocycles. The second kappa shape index (κ2) is 9.80. The Kier molecular flexibility index (Phi) is 7.75. The van der Waals surface area contributed by atoms with Crippen LogP contribution in [0.1, 0.15) is 65.4 Å². The van der Waals surface area contributed by atoms with Gasteiger partial charge in [-0.2, -0.15) is 8.78 Å². The highest BCUT2D eigenvalue weighted by atomic mass is 19.3. The van der Waals surface area contributed by atoms with Crippen molar-refractivity contribution >= 4 is 5.91 Å². The highest BCUT2D eigenvalue weighted by Crippen LogP contribution is 2.28. The van der Waals surface area contributed by atoms with E-state index in [2.05, 4.69) is 15.0 Å². The van der Waals surface area contributed by atoms with Gasteiger partial charge in [0.2, 0.25) is 11.8 Å². The zero-order valence-corrected chi connectivity index (χ0v) is 15.2. The predicted molar refractivity (Wildman–Crippen MR) is 96.0 cm³/mol. The maximum atomic E-state index is 12.4. The lowest BCUT2D eigenvalue weighted by Gasteiger charge is -2.28. The standard InChI is InChI=1S/C19H28F2N2O3.H2/c1-2-11-19(25,15-9-6-10-17(23-15)26-18(20)21)13-22-16(24)12-14-7-4-3-5-8-14;/h6,9-10,14,18,25H,2-5,7-8,11-13H2,1H3,(H,22,24);1H. The Morgan fingerprint density at radius 2 is 2.15 bits per heavy atom. The van der Waals surface area contributed by atoms with Gasteiger partial charge in [-0.3, -0.25) is 4.79 Å². The van der Waals surface area contributed by atoms with Crippen LogP contribution in [-0.2, 0) is 10.4 Å². The van der Waals surface area contributed by atoms with Gasteiger partial charge in [-0.1, -0.05) is 38.7 Å². The summed E-state index contributed by atoms with van der Waals surface area (Å²) in [4.78, 5) is 16.2. The number of carbonyl (C=O) groups excluding carboxylic acids is 1. The molecular formula is C19H30F2N2O3. The van der Waals surface area contributed by atoms with Crippen LogP contribution in [0.15, 0.2) is 18.2 Å². The first-order valence-electron chi connectivity index (χ1n) is 9.34. The van der Waals surface area contributed by atoms with Crippen molar-refractivity contribution in [3.63, 3.8) is 0 Å². The minimum atomic E-state index is -2.98. The Labute approximate surface area is 154 Å². The van der Waals surface area contributed by atoms with Crippen molar-refractivity contribution in [2.24, 2.45) is 5.92 Å². The maximum Gasteiger partial charge on any atom is 0.388 e. The van der Waals surface area contributed by atoms with Gasteiger partial charge in [0, 0.05) is 13.9 Å². The van der Waals surface area contributed by atoms with E-state index in [4.69, 9.17) is 0 Å². The van der Waals surface area contributed by atoms with E-state index in [1.165, 1.54) is 31.4 Å². The summed E-state index contributed by atoms with van der Waals surface area (Å²) < 4.78 is 29.1. The molecular weight excluding hydrogens is 342 g/mol. The zero-order valence-electron chi connectivity index (χ0n) is 15.2. The number of nitrogens with zero attached hydrogens (tertiary/aromatic N) is 1. The van der Waals surface area contributed by atoms with Gasteiger partial charge in [-0.25, -0.2) is 4.98 Å². The maximum absolute atomic E-state index is 12.4. The van der Waals surface area contributed by atoms with E-state index in [1.807, 2.05) is 6.92 Å². The molecule has 0 bridgehead atoms. The number of aliphatic hydroxyl groups is 1. The van der Waals surface area contributed by atoms with Crippen molar-refractivity contribution in [1.29, 1.82) is 0 Å². The summed E-state index contributed by atoms with van der Waals surface area (Å²) in [5, 5.41) is 13.8. The number of aromatic nitrogens is 1. The molecule has 1 fully saturated rings. The summed E-state index contributed by atoms with van der Waals surface area (Å²) in [6, 6.07) is 4.37. The summed E-state index contributed by atoms with van der Waals surface area (Å²) in [6.07, 6.45) is 7.17. The third kappa shape index (κ3) is 6.20. The predicted octanol–water partition coefficient (Wildman–Crippen LogP) is 4.00. The van der Waals surface area contributed by atoms with Gasteiger partial charge in [0.15, 0.2) is 0 Å². The zero-order chi connectivity index (χ0) is 19.0.